The van der Waals surface area contributed by atoms with E-state index in [1.54, 1.807) is 0 Å². The molecule has 0 saturated carbocycles. The van der Waals surface area contributed by atoms with E-state index in [4.69, 9.17) is 5.73 Å². The van der Waals surface area contributed by atoms with Gasteiger partial charge in [-0.15, -0.1) is 0 Å². The van der Waals surface area contributed by atoms with Crippen LogP contribution < -0.4 is 11.1 Å². The van der Waals surface area contributed by atoms with Crippen LogP contribution in [0.25, 0.3) is 0 Å². The van der Waals surface area contributed by atoms with Gasteiger partial charge in [0, 0.05) is 19.5 Å². The highest BCUT2D eigenvalue weighted by molar-refractivity contribution is 5.77. The first-order chi connectivity index (χ1) is 7.31. The molecule has 0 unspecified atom stereocenters. The number of halogens is 3. The van der Waals surface area contributed by atoms with Crippen LogP contribution in [0.15, 0.2) is 4.99 Å². The van der Waals surface area contributed by atoms with Crippen LogP contribution in [0.3, 0.4) is 0 Å². The number of unbranched alkanes of at least 4 members (excludes halogenated alkanes) is 1. The van der Waals surface area contributed by atoms with E-state index in [2.05, 4.69) is 10.3 Å². The molecule has 0 spiro atoms. The highest BCUT2D eigenvalue weighted by atomic mass is 19.4. The van der Waals surface area contributed by atoms with Gasteiger partial charge in [0.2, 0.25) is 0 Å². The number of nitrogens with one attached hydrogen (secondary N) is 1. The molecule has 0 amide bonds. The molecule has 3 nitrogen and oxygen atoms in total. The highest BCUT2D eigenvalue weighted by Gasteiger charge is 2.25. The Labute approximate surface area is 94.3 Å². The molecule has 0 heterocycles. The van der Waals surface area contributed by atoms with Crippen molar-refractivity contribution in [1.29, 1.82) is 0 Å². The van der Waals surface area contributed by atoms with Crippen molar-refractivity contribution < 1.29 is 13.2 Å². The van der Waals surface area contributed by atoms with E-state index in [-0.39, 0.29) is 6.42 Å². The first-order valence-electron chi connectivity index (χ1n) is 5.42. The van der Waals surface area contributed by atoms with E-state index in [1.807, 2.05) is 13.8 Å². The molecular formula is C10H20F3N3. The van der Waals surface area contributed by atoms with Crippen LogP contribution in [0.1, 0.15) is 33.1 Å². The van der Waals surface area contributed by atoms with Crippen LogP contribution in [0.5, 0.6) is 0 Å². The number of rotatable bonds is 6. The molecular weight excluding hydrogens is 219 g/mol. The Hall–Kier alpha value is -0.940. The lowest BCUT2D eigenvalue weighted by Crippen LogP contribution is -2.32. The minimum atomic E-state index is -4.06. The van der Waals surface area contributed by atoms with Crippen LogP contribution in [0.2, 0.25) is 0 Å². The predicted molar refractivity (Wildman–Crippen MR) is 59.2 cm³/mol. The number of aliphatic imine (C=N–C) groups is 1. The third-order valence-corrected chi connectivity index (χ3v) is 1.82. The number of hydrogen-bond acceptors (Lipinski definition) is 1. The van der Waals surface area contributed by atoms with Crippen molar-refractivity contribution in [3.8, 4) is 0 Å². The fraction of sp³-hybridized carbons (Fsp3) is 0.900. The zero-order valence-electron chi connectivity index (χ0n) is 9.77. The first kappa shape index (κ1) is 15.1. The number of nitrogens with two attached hydrogens (primary N) is 1. The van der Waals surface area contributed by atoms with Gasteiger partial charge in [-0.2, -0.15) is 13.2 Å². The molecule has 96 valence electrons. The van der Waals surface area contributed by atoms with E-state index in [0.29, 0.717) is 31.4 Å². The molecule has 6 heteroatoms. The minimum Gasteiger partial charge on any atom is -0.370 e. The average Bonchev–Trinajstić information content (AvgIpc) is 2.12. The summed E-state index contributed by atoms with van der Waals surface area (Å²) < 4.78 is 35.3. The minimum absolute atomic E-state index is 0.119. The molecule has 0 aliphatic heterocycles. The number of alkyl halides is 3. The summed E-state index contributed by atoms with van der Waals surface area (Å²) >= 11 is 0. The molecule has 0 aromatic carbocycles. The fourth-order valence-corrected chi connectivity index (χ4v) is 1.00. The number of guanidine groups is 1. The van der Waals surface area contributed by atoms with Gasteiger partial charge in [0.25, 0.3) is 0 Å². The average molecular weight is 239 g/mol. The molecule has 3 N–H and O–H groups in total. The maximum Gasteiger partial charge on any atom is 0.389 e. The normalized spacial score (nSPS) is 13.2. The lowest BCUT2D eigenvalue weighted by atomic mass is 10.2. The molecule has 0 saturated heterocycles. The summed E-state index contributed by atoms with van der Waals surface area (Å²) in [6.45, 7) is 5.09. The molecule has 0 rings (SSSR count). The summed E-state index contributed by atoms with van der Waals surface area (Å²) in [4.78, 5) is 4.03. The molecule has 0 bridgehead atoms. The van der Waals surface area contributed by atoms with E-state index < -0.39 is 12.6 Å². The second kappa shape index (κ2) is 7.35. The Kier molecular flexibility index (Phi) is 6.92. The summed E-state index contributed by atoms with van der Waals surface area (Å²) in [5, 5.41) is 2.78. The third kappa shape index (κ3) is 11.1. The van der Waals surface area contributed by atoms with E-state index >= 15 is 0 Å². The van der Waals surface area contributed by atoms with Gasteiger partial charge < -0.3 is 11.1 Å². The fourth-order valence-electron chi connectivity index (χ4n) is 1.00. The number of nitrogens with zero attached hydrogens (tertiary/aromatic N) is 1. The van der Waals surface area contributed by atoms with Gasteiger partial charge in [-0.25, -0.2) is 0 Å². The van der Waals surface area contributed by atoms with Crippen LogP contribution in [0, 0.1) is 5.92 Å². The summed E-state index contributed by atoms with van der Waals surface area (Å²) in [6, 6.07) is 0. The van der Waals surface area contributed by atoms with Crippen molar-refractivity contribution in [1.82, 2.24) is 5.32 Å². The molecule has 0 radical (unpaired) electrons. The Bertz CT molecular complexity index is 212. The van der Waals surface area contributed by atoms with Crippen molar-refractivity contribution >= 4 is 5.96 Å². The van der Waals surface area contributed by atoms with Crippen molar-refractivity contribution in [2.75, 3.05) is 13.1 Å². The Morgan fingerprint density at radius 1 is 1.31 bits per heavy atom. The van der Waals surface area contributed by atoms with Crippen molar-refractivity contribution in [2.45, 2.75) is 39.3 Å². The van der Waals surface area contributed by atoms with Gasteiger partial charge in [0.1, 0.15) is 0 Å². The highest BCUT2D eigenvalue weighted by Crippen LogP contribution is 2.21. The van der Waals surface area contributed by atoms with Crippen molar-refractivity contribution in [2.24, 2.45) is 16.6 Å². The molecule has 0 atom stereocenters. The van der Waals surface area contributed by atoms with Gasteiger partial charge in [-0.1, -0.05) is 13.8 Å². The molecule has 0 aromatic rings. The zero-order chi connectivity index (χ0) is 12.6. The molecule has 0 aliphatic rings. The van der Waals surface area contributed by atoms with Gasteiger partial charge in [-0.05, 0) is 18.8 Å². The van der Waals surface area contributed by atoms with E-state index in [0.717, 1.165) is 0 Å². The predicted octanol–water partition coefficient (Wildman–Crippen LogP) is 2.28. The SMILES string of the molecule is CC(C)CN=C(N)NCCCCC(F)(F)F. The Morgan fingerprint density at radius 3 is 2.44 bits per heavy atom. The van der Waals surface area contributed by atoms with Crippen LogP contribution in [-0.4, -0.2) is 25.2 Å². The van der Waals surface area contributed by atoms with Crippen LogP contribution in [0.4, 0.5) is 13.2 Å². The summed E-state index contributed by atoms with van der Waals surface area (Å²) in [5.74, 6) is 0.728. The summed E-state index contributed by atoms with van der Waals surface area (Å²) in [6.07, 6.45) is -4.24. The smallest absolute Gasteiger partial charge is 0.370 e. The summed E-state index contributed by atoms with van der Waals surface area (Å²) in [5.41, 5.74) is 5.51. The van der Waals surface area contributed by atoms with Crippen molar-refractivity contribution in [3.05, 3.63) is 0 Å². The zero-order valence-corrected chi connectivity index (χ0v) is 9.77. The quantitative estimate of drug-likeness (QED) is 0.424. The van der Waals surface area contributed by atoms with Gasteiger partial charge in [0.15, 0.2) is 5.96 Å². The lowest BCUT2D eigenvalue weighted by Gasteiger charge is -2.08. The second-order valence-electron chi connectivity index (χ2n) is 4.12. The largest absolute Gasteiger partial charge is 0.389 e. The van der Waals surface area contributed by atoms with E-state index in [9.17, 15) is 13.2 Å². The monoisotopic (exact) mass is 239 g/mol. The summed E-state index contributed by atoms with van der Waals surface area (Å²) in [7, 11) is 0. The standard InChI is InChI=1S/C10H20F3N3/c1-8(2)7-16-9(14)15-6-4-3-5-10(11,12)13/h8H,3-7H2,1-2H3,(H3,14,15,16). The molecule has 0 fully saturated rings. The van der Waals surface area contributed by atoms with Gasteiger partial charge >= 0.3 is 6.18 Å². The second-order valence-corrected chi connectivity index (χ2v) is 4.12. The van der Waals surface area contributed by atoms with Gasteiger partial charge in [0.05, 0.1) is 0 Å². The molecule has 0 aromatic heterocycles. The topological polar surface area (TPSA) is 50.4 Å². The Morgan fingerprint density at radius 2 is 1.94 bits per heavy atom. The maximum absolute atomic E-state index is 11.8. The van der Waals surface area contributed by atoms with Crippen molar-refractivity contribution in [3.63, 3.8) is 0 Å². The van der Waals surface area contributed by atoms with Gasteiger partial charge in [-0.3, -0.25) is 4.99 Å². The van der Waals surface area contributed by atoms with Crippen LogP contribution in [-0.2, 0) is 0 Å². The third-order valence-electron chi connectivity index (χ3n) is 1.82. The molecule has 0 aliphatic carbocycles. The number of hydrogen-bond donors (Lipinski definition) is 2. The lowest BCUT2D eigenvalue weighted by molar-refractivity contribution is -0.135. The first-order valence-corrected chi connectivity index (χ1v) is 5.42. The maximum atomic E-state index is 11.8. The molecule has 16 heavy (non-hydrogen) atoms. The van der Waals surface area contributed by atoms with Crippen LogP contribution >= 0.6 is 0 Å². The van der Waals surface area contributed by atoms with E-state index in [1.165, 1.54) is 0 Å². The Balaban J connectivity index is 3.48.